The lowest BCUT2D eigenvalue weighted by Gasteiger charge is -2.21. The van der Waals surface area contributed by atoms with E-state index in [0.29, 0.717) is 12.5 Å². The maximum absolute atomic E-state index is 8.97. The van der Waals surface area contributed by atoms with Crippen molar-refractivity contribution in [1.82, 2.24) is 4.90 Å². The number of likely N-dealkylation sites (N-methyl/N-ethyl adjacent to an activating group) is 1. The molecule has 108 valence electrons. The first-order valence-electron chi connectivity index (χ1n) is 6.69. The smallest absolute Gasteiger partial charge is 0.123 e. The summed E-state index contributed by atoms with van der Waals surface area (Å²) in [6, 6.07) is 6.14. The van der Waals surface area contributed by atoms with Crippen LogP contribution in [0.3, 0.4) is 0 Å². The molecule has 0 bridgehead atoms. The highest BCUT2D eigenvalue weighted by Crippen LogP contribution is 2.25. The first kappa shape index (κ1) is 16.0. The molecule has 1 rings (SSSR count). The van der Waals surface area contributed by atoms with Gasteiger partial charge < -0.3 is 20.5 Å². The fraction of sp³-hybridized carbons (Fsp3) is 0.600. The molecule has 1 atom stereocenters. The third kappa shape index (κ3) is 4.82. The third-order valence-electron chi connectivity index (χ3n) is 3.20. The van der Waals surface area contributed by atoms with Gasteiger partial charge in [-0.25, -0.2) is 0 Å². The molecule has 0 aliphatic rings. The lowest BCUT2D eigenvalue weighted by Crippen LogP contribution is -2.37. The number of hydrogen-bond donors (Lipinski definition) is 2. The Labute approximate surface area is 116 Å². The molecule has 0 radical (unpaired) electrons. The van der Waals surface area contributed by atoms with Crippen molar-refractivity contribution in [3.8, 4) is 5.75 Å². The van der Waals surface area contributed by atoms with Gasteiger partial charge >= 0.3 is 0 Å². The molecule has 0 saturated carbocycles. The van der Waals surface area contributed by atoms with Crippen molar-refractivity contribution in [3.05, 3.63) is 29.3 Å². The normalized spacial score (nSPS) is 13.1. The molecule has 19 heavy (non-hydrogen) atoms. The molecular formula is C15H26N2O2. The largest absolute Gasteiger partial charge is 0.496 e. The molecule has 0 aromatic heterocycles. The van der Waals surface area contributed by atoms with E-state index in [4.69, 9.17) is 15.6 Å². The second kappa shape index (κ2) is 7.48. The van der Waals surface area contributed by atoms with E-state index in [1.807, 2.05) is 7.05 Å². The average Bonchev–Trinajstić information content (AvgIpc) is 2.38. The van der Waals surface area contributed by atoms with Crippen molar-refractivity contribution in [2.24, 2.45) is 5.73 Å². The highest BCUT2D eigenvalue weighted by Gasteiger charge is 2.11. The van der Waals surface area contributed by atoms with E-state index < -0.39 is 0 Å². The minimum Gasteiger partial charge on any atom is -0.496 e. The lowest BCUT2D eigenvalue weighted by atomic mass is 10.0. The second-order valence-electron chi connectivity index (χ2n) is 5.37. The van der Waals surface area contributed by atoms with Crippen LogP contribution in [0.2, 0.25) is 0 Å². The van der Waals surface area contributed by atoms with Crippen molar-refractivity contribution < 1.29 is 9.84 Å². The quantitative estimate of drug-likeness (QED) is 0.786. The van der Waals surface area contributed by atoms with Gasteiger partial charge in [0.2, 0.25) is 0 Å². The highest BCUT2D eigenvalue weighted by molar-refractivity contribution is 5.38. The first-order chi connectivity index (χ1) is 8.97. The van der Waals surface area contributed by atoms with Gasteiger partial charge in [0.15, 0.2) is 0 Å². The number of hydrogen-bond acceptors (Lipinski definition) is 4. The molecule has 0 heterocycles. The second-order valence-corrected chi connectivity index (χ2v) is 5.37. The summed E-state index contributed by atoms with van der Waals surface area (Å²) in [7, 11) is 3.69. The van der Waals surface area contributed by atoms with Crippen LogP contribution < -0.4 is 10.5 Å². The first-order valence-corrected chi connectivity index (χ1v) is 6.69. The van der Waals surface area contributed by atoms with Gasteiger partial charge in [-0.15, -0.1) is 0 Å². The molecule has 1 aromatic carbocycles. The molecule has 1 unspecified atom stereocenters. The molecule has 4 nitrogen and oxygen atoms in total. The van der Waals surface area contributed by atoms with Crippen LogP contribution in [0, 0.1) is 0 Å². The number of aliphatic hydroxyl groups is 1. The van der Waals surface area contributed by atoms with Gasteiger partial charge in [0, 0.05) is 24.7 Å². The van der Waals surface area contributed by atoms with E-state index >= 15 is 0 Å². The van der Waals surface area contributed by atoms with Crippen molar-refractivity contribution in [1.29, 1.82) is 0 Å². The van der Waals surface area contributed by atoms with Crippen LogP contribution in [0.25, 0.3) is 0 Å². The molecule has 0 spiro atoms. The lowest BCUT2D eigenvalue weighted by molar-refractivity contribution is 0.217. The van der Waals surface area contributed by atoms with Gasteiger partial charge in [-0.3, -0.25) is 0 Å². The number of ether oxygens (including phenoxy) is 1. The van der Waals surface area contributed by atoms with E-state index in [2.05, 4.69) is 36.9 Å². The monoisotopic (exact) mass is 266 g/mol. The molecule has 0 amide bonds. The molecule has 0 aliphatic carbocycles. The van der Waals surface area contributed by atoms with Crippen LogP contribution in [0.4, 0.5) is 0 Å². The fourth-order valence-corrected chi connectivity index (χ4v) is 2.06. The minimum absolute atomic E-state index is 0.00770. The standard InChI is InChI=1S/C15H26N2O2/c1-11(2)12-5-6-13(15(7-12)19-4)8-17(3)9-14(16)10-18/h5-7,11,14,18H,8-10,16H2,1-4H3. The summed E-state index contributed by atoms with van der Waals surface area (Å²) in [6.07, 6.45) is 0. The van der Waals surface area contributed by atoms with E-state index in [-0.39, 0.29) is 12.6 Å². The Kier molecular flexibility index (Phi) is 6.28. The summed E-state index contributed by atoms with van der Waals surface area (Å²) < 4.78 is 5.46. The van der Waals surface area contributed by atoms with Crippen LogP contribution in [0.15, 0.2) is 18.2 Å². The fourth-order valence-electron chi connectivity index (χ4n) is 2.06. The van der Waals surface area contributed by atoms with Crippen molar-refractivity contribution in [3.63, 3.8) is 0 Å². The van der Waals surface area contributed by atoms with Gasteiger partial charge in [0.25, 0.3) is 0 Å². The zero-order valence-corrected chi connectivity index (χ0v) is 12.4. The van der Waals surface area contributed by atoms with Gasteiger partial charge in [0.1, 0.15) is 5.75 Å². The SMILES string of the molecule is COc1cc(C(C)C)ccc1CN(C)CC(N)CO. The number of benzene rings is 1. The Morgan fingerprint density at radius 3 is 2.58 bits per heavy atom. The van der Waals surface area contributed by atoms with E-state index in [1.54, 1.807) is 7.11 Å². The van der Waals surface area contributed by atoms with Crippen molar-refractivity contribution in [2.75, 3.05) is 27.3 Å². The van der Waals surface area contributed by atoms with Crippen LogP contribution in [0.1, 0.15) is 30.9 Å². The summed E-state index contributed by atoms with van der Waals surface area (Å²) in [6.45, 7) is 5.76. The Hall–Kier alpha value is -1.10. The van der Waals surface area contributed by atoms with Gasteiger partial charge in [-0.05, 0) is 24.6 Å². The van der Waals surface area contributed by atoms with Crippen LogP contribution >= 0.6 is 0 Å². The maximum Gasteiger partial charge on any atom is 0.123 e. The van der Waals surface area contributed by atoms with Crippen molar-refractivity contribution >= 4 is 0 Å². The summed E-state index contributed by atoms with van der Waals surface area (Å²) in [4.78, 5) is 2.09. The summed E-state index contributed by atoms with van der Waals surface area (Å²) in [5, 5.41) is 8.97. The number of rotatable bonds is 7. The van der Waals surface area contributed by atoms with Gasteiger partial charge in [0.05, 0.1) is 13.7 Å². The predicted octanol–water partition coefficient (Wildman–Crippen LogP) is 1.57. The Morgan fingerprint density at radius 2 is 2.05 bits per heavy atom. The molecule has 0 saturated heterocycles. The zero-order chi connectivity index (χ0) is 14.4. The molecule has 0 fully saturated rings. The number of nitrogens with two attached hydrogens (primary N) is 1. The van der Waals surface area contributed by atoms with Gasteiger partial charge in [-0.1, -0.05) is 26.0 Å². The molecule has 4 heteroatoms. The zero-order valence-electron chi connectivity index (χ0n) is 12.4. The van der Waals surface area contributed by atoms with E-state index in [9.17, 15) is 0 Å². The average molecular weight is 266 g/mol. The number of aliphatic hydroxyl groups excluding tert-OH is 1. The number of nitrogens with zero attached hydrogens (tertiary/aromatic N) is 1. The maximum atomic E-state index is 8.97. The number of methoxy groups -OCH3 is 1. The Bertz CT molecular complexity index is 394. The Morgan fingerprint density at radius 1 is 1.37 bits per heavy atom. The molecular weight excluding hydrogens is 240 g/mol. The van der Waals surface area contributed by atoms with Crippen molar-refractivity contribution in [2.45, 2.75) is 32.4 Å². The topological polar surface area (TPSA) is 58.7 Å². The van der Waals surface area contributed by atoms with Crippen LogP contribution in [-0.2, 0) is 6.54 Å². The summed E-state index contributed by atoms with van der Waals surface area (Å²) in [5.41, 5.74) is 8.15. The van der Waals surface area contributed by atoms with E-state index in [1.165, 1.54) is 5.56 Å². The predicted molar refractivity (Wildman–Crippen MR) is 78.5 cm³/mol. The van der Waals surface area contributed by atoms with Gasteiger partial charge in [-0.2, -0.15) is 0 Å². The van der Waals surface area contributed by atoms with Crippen LogP contribution in [-0.4, -0.2) is 43.4 Å². The van der Waals surface area contributed by atoms with E-state index in [0.717, 1.165) is 17.9 Å². The van der Waals surface area contributed by atoms with Crippen LogP contribution in [0.5, 0.6) is 5.75 Å². The summed E-state index contributed by atoms with van der Waals surface area (Å²) >= 11 is 0. The molecule has 0 aliphatic heterocycles. The summed E-state index contributed by atoms with van der Waals surface area (Å²) in [5.74, 6) is 1.40. The molecule has 3 N–H and O–H groups in total. The minimum atomic E-state index is -0.203. The third-order valence-corrected chi connectivity index (χ3v) is 3.20. The Balaban J connectivity index is 2.77. The highest BCUT2D eigenvalue weighted by atomic mass is 16.5. The molecule has 1 aromatic rings.